The van der Waals surface area contributed by atoms with Crippen molar-refractivity contribution in [2.45, 2.75) is 50.6 Å². The number of aryl methyl sites for hydroxylation is 3. The van der Waals surface area contributed by atoms with Gasteiger partial charge in [0.15, 0.2) is 5.16 Å². The standard InChI is InChI=1S/C20H20N2O3S2/c1-10-6-5-7-14(8-10)22-18(23)16-12(3)13(4)26-17(16)21-20(22)27-15-9-11(2)25-19(15)24/h5-8,11,15H,9H2,1-4H3/t11-,15+/m1/s1. The van der Waals surface area contributed by atoms with Crippen molar-refractivity contribution in [1.29, 1.82) is 0 Å². The van der Waals surface area contributed by atoms with Gasteiger partial charge in [-0.15, -0.1) is 11.3 Å². The van der Waals surface area contributed by atoms with E-state index in [-0.39, 0.29) is 22.9 Å². The number of nitrogens with zero attached hydrogens (tertiary/aromatic N) is 2. The number of benzene rings is 1. The second-order valence-corrected chi connectivity index (χ2v) is 9.30. The zero-order valence-corrected chi connectivity index (χ0v) is 17.2. The van der Waals surface area contributed by atoms with Crippen LogP contribution in [0.2, 0.25) is 0 Å². The van der Waals surface area contributed by atoms with Gasteiger partial charge in [0, 0.05) is 11.3 Å². The average molecular weight is 401 g/mol. The van der Waals surface area contributed by atoms with Crippen molar-refractivity contribution >= 4 is 39.3 Å². The number of hydrogen-bond donors (Lipinski definition) is 0. The lowest BCUT2D eigenvalue weighted by Crippen LogP contribution is -2.23. The van der Waals surface area contributed by atoms with E-state index in [0.29, 0.717) is 17.0 Å². The largest absolute Gasteiger partial charge is 0.462 e. The first-order valence-electron chi connectivity index (χ1n) is 8.82. The fourth-order valence-electron chi connectivity index (χ4n) is 3.29. The third-order valence-electron chi connectivity index (χ3n) is 4.81. The zero-order valence-electron chi connectivity index (χ0n) is 15.6. The second kappa shape index (κ2) is 6.80. The molecule has 1 aromatic carbocycles. The van der Waals surface area contributed by atoms with Crippen LogP contribution in [0.15, 0.2) is 34.2 Å². The van der Waals surface area contributed by atoms with Crippen LogP contribution in [-0.4, -0.2) is 26.9 Å². The van der Waals surface area contributed by atoms with Crippen LogP contribution in [0.4, 0.5) is 0 Å². The Hall–Kier alpha value is -2.12. The van der Waals surface area contributed by atoms with Crippen LogP contribution in [0.5, 0.6) is 0 Å². The number of hydrogen-bond acceptors (Lipinski definition) is 6. The summed E-state index contributed by atoms with van der Waals surface area (Å²) in [6.45, 7) is 7.83. The predicted molar refractivity (Wildman–Crippen MR) is 109 cm³/mol. The molecule has 0 spiro atoms. The maximum Gasteiger partial charge on any atom is 0.319 e. The topological polar surface area (TPSA) is 61.2 Å². The summed E-state index contributed by atoms with van der Waals surface area (Å²) in [5, 5.41) is 0.851. The van der Waals surface area contributed by atoms with Crippen LogP contribution >= 0.6 is 23.1 Å². The molecule has 0 N–H and O–H groups in total. The van der Waals surface area contributed by atoms with Gasteiger partial charge in [-0.25, -0.2) is 4.98 Å². The highest BCUT2D eigenvalue weighted by Crippen LogP contribution is 2.34. The van der Waals surface area contributed by atoms with Crippen LogP contribution < -0.4 is 5.56 Å². The molecular formula is C20H20N2O3S2. The van der Waals surface area contributed by atoms with E-state index in [1.807, 2.05) is 52.0 Å². The minimum Gasteiger partial charge on any atom is -0.462 e. The number of fused-ring (bicyclic) bond motifs is 1. The minimum absolute atomic E-state index is 0.0886. The van der Waals surface area contributed by atoms with Gasteiger partial charge in [-0.1, -0.05) is 23.9 Å². The summed E-state index contributed by atoms with van der Waals surface area (Å²) in [5.74, 6) is -0.240. The number of carbonyl (C=O) groups excluding carboxylic acids is 1. The second-order valence-electron chi connectivity index (χ2n) is 6.93. The number of cyclic esters (lactones) is 1. The van der Waals surface area contributed by atoms with E-state index in [1.54, 1.807) is 4.57 Å². The zero-order chi connectivity index (χ0) is 19.3. The molecule has 2 atom stereocenters. The van der Waals surface area contributed by atoms with Gasteiger partial charge >= 0.3 is 5.97 Å². The first-order chi connectivity index (χ1) is 12.8. The summed E-state index contributed by atoms with van der Waals surface area (Å²) < 4.78 is 6.91. The van der Waals surface area contributed by atoms with Crippen molar-refractivity contribution in [3.05, 3.63) is 50.6 Å². The summed E-state index contributed by atoms with van der Waals surface area (Å²) in [5.41, 5.74) is 2.70. The number of thioether (sulfide) groups is 1. The third kappa shape index (κ3) is 3.19. The molecule has 0 radical (unpaired) electrons. The lowest BCUT2D eigenvalue weighted by atomic mass is 10.2. The highest BCUT2D eigenvalue weighted by atomic mass is 32.2. The van der Waals surface area contributed by atoms with E-state index < -0.39 is 0 Å². The molecule has 4 rings (SSSR count). The van der Waals surface area contributed by atoms with Crippen LogP contribution in [-0.2, 0) is 9.53 Å². The summed E-state index contributed by atoms with van der Waals surface area (Å²) in [4.78, 5) is 32.1. The molecule has 2 aromatic heterocycles. The average Bonchev–Trinajstić information content (AvgIpc) is 3.06. The molecule has 0 bridgehead atoms. The molecular weight excluding hydrogens is 380 g/mol. The van der Waals surface area contributed by atoms with Gasteiger partial charge in [-0.2, -0.15) is 0 Å². The number of carbonyl (C=O) groups is 1. The van der Waals surface area contributed by atoms with Gasteiger partial charge in [0.2, 0.25) is 0 Å². The van der Waals surface area contributed by atoms with E-state index in [4.69, 9.17) is 9.72 Å². The number of ether oxygens (including phenoxy) is 1. The molecule has 0 unspecified atom stereocenters. The lowest BCUT2D eigenvalue weighted by Gasteiger charge is -2.14. The highest BCUT2D eigenvalue weighted by Gasteiger charge is 2.34. The van der Waals surface area contributed by atoms with Gasteiger partial charge in [0.05, 0.1) is 11.1 Å². The van der Waals surface area contributed by atoms with Crippen molar-refractivity contribution in [3.8, 4) is 5.69 Å². The normalized spacial score (nSPS) is 19.6. The van der Waals surface area contributed by atoms with Gasteiger partial charge in [-0.05, 0) is 51.0 Å². The Bertz CT molecular complexity index is 1120. The monoisotopic (exact) mass is 400 g/mol. The van der Waals surface area contributed by atoms with E-state index in [1.165, 1.54) is 23.1 Å². The first kappa shape index (κ1) is 18.3. The lowest BCUT2D eigenvalue weighted by molar-refractivity contribution is -0.140. The first-order valence-corrected chi connectivity index (χ1v) is 10.5. The van der Waals surface area contributed by atoms with E-state index in [9.17, 15) is 9.59 Å². The molecule has 1 saturated heterocycles. The summed E-state index contributed by atoms with van der Waals surface area (Å²) in [7, 11) is 0. The molecule has 1 fully saturated rings. The maximum absolute atomic E-state index is 13.4. The smallest absolute Gasteiger partial charge is 0.319 e. The Morgan fingerprint density at radius 3 is 2.70 bits per heavy atom. The molecule has 3 aromatic rings. The Labute approximate surface area is 165 Å². The quantitative estimate of drug-likeness (QED) is 0.488. The molecule has 0 amide bonds. The van der Waals surface area contributed by atoms with Crippen LogP contribution in [0.25, 0.3) is 15.9 Å². The van der Waals surface area contributed by atoms with E-state index in [2.05, 4.69) is 0 Å². The van der Waals surface area contributed by atoms with Crippen LogP contribution in [0.1, 0.15) is 29.3 Å². The minimum atomic E-state index is -0.345. The molecule has 1 aliphatic heterocycles. The molecule has 0 saturated carbocycles. The fraction of sp³-hybridized carbons (Fsp3) is 0.350. The van der Waals surface area contributed by atoms with Crippen molar-refractivity contribution in [2.75, 3.05) is 0 Å². The van der Waals surface area contributed by atoms with E-state index >= 15 is 0 Å². The van der Waals surface area contributed by atoms with Gasteiger partial charge < -0.3 is 4.74 Å². The molecule has 0 aliphatic carbocycles. The Morgan fingerprint density at radius 2 is 2.04 bits per heavy atom. The Morgan fingerprint density at radius 1 is 1.26 bits per heavy atom. The summed E-state index contributed by atoms with van der Waals surface area (Å²) in [6.07, 6.45) is 0.511. The van der Waals surface area contributed by atoms with Gasteiger partial charge in [0.1, 0.15) is 16.2 Å². The molecule has 7 heteroatoms. The van der Waals surface area contributed by atoms with Gasteiger partial charge in [0.25, 0.3) is 5.56 Å². The molecule has 5 nitrogen and oxygen atoms in total. The fourth-order valence-corrected chi connectivity index (χ4v) is 5.58. The molecule has 1 aliphatic rings. The van der Waals surface area contributed by atoms with Gasteiger partial charge in [-0.3, -0.25) is 14.2 Å². The number of rotatable bonds is 3. The summed E-state index contributed by atoms with van der Waals surface area (Å²) in [6, 6.07) is 7.77. The maximum atomic E-state index is 13.4. The molecule has 27 heavy (non-hydrogen) atoms. The SMILES string of the molecule is Cc1cccc(-n2c(S[C@H]3C[C@@H](C)OC3=O)nc3sc(C)c(C)c3c2=O)c1. The van der Waals surface area contributed by atoms with Crippen molar-refractivity contribution in [3.63, 3.8) is 0 Å². The Balaban J connectivity index is 1.94. The van der Waals surface area contributed by atoms with Crippen molar-refractivity contribution < 1.29 is 9.53 Å². The Kier molecular flexibility index (Phi) is 4.60. The molecule has 3 heterocycles. The van der Waals surface area contributed by atoms with Crippen LogP contribution in [0.3, 0.4) is 0 Å². The number of thiophene rings is 1. The highest BCUT2D eigenvalue weighted by molar-refractivity contribution is 8.00. The van der Waals surface area contributed by atoms with Crippen molar-refractivity contribution in [1.82, 2.24) is 9.55 Å². The van der Waals surface area contributed by atoms with Crippen molar-refractivity contribution in [2.24, 2.45) is 0 Å². The summed E-state index contributed by atoms with van der Waals surface area (Å²) >= 11 is 2.84. The number of aromatic nitrogens is 2. The molecule has 140 valence electrons. The van der Waals surface area contributed by atoms with Crippen LogP contribution in [0, 0.1) is 20.8 Å². The van der Waals surface area contributed by atoms with E-state index in [0.717, 1.165) is 26.5 Å². The third-order valence-corrected chi connectivity index (χ3v) is 7.06. The predicted octanol–water partition coefficient (Wildman–Crippen LogP) is 4.17. The number of esters is 1.